The van der Waals surface area contributed by atoms with Crippen molar-refractivity contribution in [3.05, 3.63) is 52.2 Å². The predicted octanol–water partition coefficient (Wildman–Crippen LogP) is 2.20. The summed E-state index contributed by atoms with van der Waals surface area (Å²) >= 11 is 1.61. The van der Waals surface area contributed by atoms with E-state index in [-0.39, 0.29) is 17.7 Å². The molecule has 0 fully saturated rings. The van der Waals surface area contributed by atoms with E-state index in [0.29, 0.717) is 6.42 Å². The number of benzene rings is 1. The summed E-state index contributed by atoms with van der Waals surface area (Å²) in [5.74, 6) is 0.0389. The zero-order valence-corrected chi connectivity index (χ0v) is 12.1. The van der Waals surface area contributed by atoms with Gasteiger partial charge in [-0.3, -0.25) is 4.79 Å². The molecule has 1 unspecified atom stereocenters. The highest BCUT2D eigenvalue weighted by Gasteiger charge is 2.17. The van der Waals surface area contributed by atoms with Gasteiger partial charge in [0.25, 0.3) is 0 Å². The third-order valence-electron chi connectivity index (χ3n) is 3.06. The average Bonchev–Trinajstić information content (AvgIpc) is 2.95. The zero-order valence-electron chi connectivity index (χ0n) is 11.2. The highest BCUT2D eigenvalue weighted by atomic mass is 32.1. The smallest absolute Gasteiger partial charge is 0.237 e. The fraction of sp³-hybridized carbons (Fsp3) is 0.267. The van der Waals surface area contributed by atoms with Gasteiger partial charge in [-0.1, -0.05) is 18.2 Å². The van der Waals surface area contributed by atoms with Gasteiger partial charge in [-0.2, -0.15) is 0 Å². The third-order valence-corrected chi connectivity index (χ3v) is 4.11. The zero-order chi connectivity index (χ0) is 14.5. The summed E-state index contributed by atoms with van der Waals surface area (Å²) < 4.78 is 0. The summed E-state index contributed by atoms with van der Waals surface area (Å²) in [5.41, 5.74) is 6.84. The summed E-state index contributed by atoms with van der Waals surface area (Å²) in [5, 5.41) is 14.1. The van der Waals surface area contributed by atoms with Crippen molar-refractivity contribution in [3.8, 4) is 5.75 Å². The first-order valence-electron chi connectivity index (χ1n) is 6.43. The first-order chi connectivity index (χ1) is 9.56. The predicted molar refractivity (Wildman–Crippen MR) is 80.7 cm³/mol. The van der Waals surface area contributed by atoms with Crippen LogP contribution in [0.4, 0.5) is 0 Å². The van der Waals surface area contributed by atoms with Crippen molar-refractivity contribution in [1.82, 2.24) is 5.32 Å². The van der Waals surface area contributed by atoms with E-state index in [4.69, 9.17) is 5.73 Å². The lowest BCUT2D eigenvalue weighted by molar-refractivity contribution is -0.122. The van der Waals surface area contributed by atoms with Gasteiger partial charge < -0.3 is 16.2 Å². The van der Waals surface area contributed by atoms with Gasteiger partial charge in [0.05, 0.1) is 12.1 Å². The van der Waals surface area contributed by atoms with Gasteiger partial charge in [-0.15, -0.1) is 11.3 Å². The van der Waals surface area contributed by atoms with E-state index in [1.165, 1.54) is 0 Å². The van der Waals surface area contributed by atoms with Crippen LogP contribution in [-0.4, -0.2) is 17.1 Å². The fourth-order valence-corrected chi connectivity index (χ4v) is 2.64. The van der Waals surface area contributed by atoms with Crippen molar-refractivity contribution in [2.24, 2.45) is 5.73 Å². The number of hydrogen-bond acceptors (Lipinski definition) is 4. The molecule has 1 amide bonds. The van der Waals surface area contributed by atoms with Gasteiger partial charge >= 0.3 is 0 Å². The lowest BCUT2D eigenvalue weighted by atomic mass is 10.1. The second kappa shape index (κ2) is 6.54. The van der Waals surface area contributed by atoms with Crippen LogP contribution >= 0.6 is 11.3 Å². The van der Waals surface area contributed by atoms with E-state index in [2.05, 4.69) is 5.32 Å². The molecule has 0 saturated heterocycles. The molecule has 0 bridgehead atoms. The molecule has 0 radical (unpaired) electrons. The summed E-state index contributed by atoms with van der Waals surface area (Å²) in [7, 11) is 0. The highest BCUT2D eigenvalue weighted by Crippen LogP contribution is 2.18. The Labute approximate surface area is 122 Å². The van der Waals surface area contributed by atoms with E-state index in [0.717, 1.165) is 10.4 Å². The highest BCUT2D eigenvalue weighted by molar-refractivity contribution is 7.10. The van der Waals surface area contributed by atoms with Crippen LogP contribution in [0.15, 0.2) is 41.8 Å². The first kappa shape index (κ1) is 14.6. The number of phenols is 1. The summed E-state index contributed by atoms with van der Waals surface area (Å²) in [6, 6.07) is 10.0. The number of carbonyl (C=O) groups is 1. The van der Waals surface area contributed by atoms with Crippen molar-refractivity contribution in [3.63, 3.8) is 0 Å². The van der Waals surface area contributed by atoms with Crippen molar-refractivity contribution < 1.29 is 9.90 Å². The molecule has 106 valence electrons. The molecule has 1 aromatic heterocycles. The van der Waals surface area contributed by atoms with Crippen molar-refractivity contribution in [2.45, 2.75) is 25.4 Å². The summed E-state index contributed by atoms with van der Waals surface area (Å²) in [6.45, 7) is 1.94. The molecule has 2 atom stereocenters. The van der Waals surface area contributed by atoms with E-state index >= 15 is 0 Å². The molecule has 20 heavy (non-hydrogen) atoms. The standard InChI is InChI=1S/C15H18N2O2S/c1-10(14-3-2-8-20-14)17-15(19)13(16)9-11-4-6-12(18)7-5-11/h2-8,10,13,18H,9,16H2,1H3,(H,17,19)/t10?,13-/m0/s1. The van der Waals surface area contributed by atoms with Gasteiger partial charge in [0.1, 0.15) is 5.75 Å². The van der Waals surface area contributed by atoms with E-state index in [1.807, 2.05) is 24.4 Å². The van der Waals surface area contributed by atoms with E-state index < -0.39 is 6.04 Å². The molecule has 0 spiro atoms. The Bertz CT molecular complexity index is 552. The number of nitrogens with two attached hydrogens (primary N) is 1. The summed E-state index contributed by atoms with van der Waals surface area (Å²) in [4.78, 5) is 13.1. The van der Waals surface area contributed by atoms with Crippen molar-refractivity contribution >= 4 is 17.2 Å². The molecule has 0 aliphatic rings. The molecule has 4 N–H and O–H groups in total. The number of phenolic OH excluding ortho intramolecular Hbond substituents is 1. The van der Waals surface area contributed by atoms with Crippen LogP contribution in [0.25, 0.3) is 0 Å². The normalized spacial score (nSPS) is 13.7. The topological polar surface area (TPSA) is 75.4 Å². The number of thiophene rings is 1. The maximum absolute atomic E-state index is 12.0. The Hall–Kier alpha value is -1.85. The van der Waals surface area contributed by atoms with Gasteiger partial charge in [0.2, 0.25) is 5.91 Å². The summed E-state index contributed by atoms with van der Waals surface area (Å²) in [6.07, 6.45) is 0.448. The Balaban J connectivity index is 1.90. The number of amides is 1. The molecular formula is C15H18N2O2S. The number of rotatable bonds is 5. The van der Waals surface area contributed by atoms with Crippen molar-refractivity contribution in [2.75, 3.05) is 0 Å². The molecule has 0 aliphatic heterocycles. The number of nitrogens with one attached hydrogen (secondary N) is 1. The molecule has 2 aromatic rings. The lowest BCUT2D eigenvalue weighted by Gasteiger charge is -2.16. The Morgan fingerprint density at radius 2 is 2.05 bits per heavy atom. The minimum absolute atomic E-state index is 0.0339. The molecule has 1 aromatic carbocycles. The van der Waals surface area contributed by atoms with Crippen LogP contribution < -0.4 is 11.1 Å². The van der Waals surface area contributed by atoms with Crippen LogP contribution in [-0.2, 0) is 11.2 Å². The second-order valence-electron chi connectivity index (χ2n) is 4.72. The lowest BCUT2D eigenvalue weighted by Crippen LogP contribution is -2.42. The van der Waals surface area contributed by atoms with Gasteiger partial charge in [0.15, 0.2) is 0 Å². The minimum Gasteiger partial charge on any atom is -0.508 e. The Morgan fingerprint density at radius 1 is 1.35 bits per heavy atom. The molecular weight excluding hydrogens is 272 g/mol. The second-order valence-corrected chi connectivity index (χ2v) is 5.70. The molecule has 0 saturated carbocycles. The number of aromatic hydroxyl groups is 1. The first-order valence-corrected chi connectivity index (χ1v) is 7.31. The fourth-order valence-electron chi connectivity index (χ4n) is 1.91. The van der Waals surface area contributed by atoms with Crippen LogP contribution in [0, 0.1) is 0 Å². The third kappa shape index (κ3) is 3.82. The Kier molecular flexibility index (Phi) is 4.76. The largest absolute Gasteiger partial charge is 0.508 e. The Morgan fingerprint density at radius 3 is 2.65 bits per heavy atom. The minimum atomic E-state index is -0.595. The van der Waals surface area contributed by atoms with Gasteiger partial charge in [-0.25, -0.2) is 0 Å². The maximum atomic E-state index is 12.0. The van der Waals surface area contributed by atoms with E-state index in [1.54, 1.807) is 35.6 Å². The maximum Gasteiger partial charge on any atom is 0.237 e. The van der Waals surface area contributed by atoms with Gasteiger partial charge in [0, 0.05) is 4.88 Å². The van der Waals surface area contributed by atoms with Crippen LogP contribution in [0.5, 0.6) is 5.75 Å². The average molecular weight is 290 g/mol. The van der Waals surface area contributed by atoms with Crippen molar-refractivity contribution in [1.29, 1.82) is 0 Å². The number of carbonyl (C=O) groups excluding carboxylic acids is 1. The van der Waals surface area contributed by atoms with E-state index in [9.17, 15) is 9.90 Å². The number of hydrogen-bond donors (Lipinski definition) is 3. The monoisotopic (exact) mass is 290 g/mol. The molecule has 4 nitrogen and oxygen atoms in total. The SMILES string of the molecule is CC(NC(=O)[C@@H](N)Cc1ccc(O)cc1)c1cccs1. The molecule has 0 aliphatic carbocycles. The van der Waals surface area contributed by atoms with Crippen LogP contribution in [0.1, 0.15) is 23.4 Å². The van der Waals surface area contributed by atoms with Gasteiger partial charge in [-0.05, 0) is 42.5 Å². The van der Waals surface area contributed by atoms with Crippen LogP contribution in [0.2, 0.25) is 0 Å². The molecule has 1 heterocycles. The molecule has 2 rings (SSSR count). The van der Waals surface area contributed by atoms with Crippen LogP contribution in [0.3, 0.4) is 0 Å². The quantitative estimate of drug-likeness (QED) is 0.790. The molecule has 5 heteroatoms.